The highest BCUT2D eigenvalue weighted by atomic mass is 32.1. The van der Waals surface area contributed by atoms with E-state index in [1.165, 1.54) is 6.07 Å². The third-order valence-corrected chi connectivity index (χ3v) is 4.76. The van der Waals surface area contributed by atoms with Gasteiger partial charge in [0, 0.05) is 17.3 Å². The molecule has 27 heavy (non-hydrogen) atoms. The van der Waals surface area contributed by atoms with E-state index in [1.807, 2.05) is 11.8 Å². The van der Waals surface area contributed by atoms with E-state index in [9.17, 15) is 13.6 Å². The van der Waals surface area contributed by atoms with Crippen molar-refractivity contribution in [2.24, 2.45) is 0 Å². The number of nitrogens with one attached hydrogen (secondary N) is 1. The molecule has 1 aliphatic carbocycles. The Labute approximate surface area is 162 Å². The molecule has 1 heterocycles. The number of rotatable bonds is 6. The lowest BCUT2D eigenvalue weighted by atomic mass is 9.94. The van der Waals surface area contributed by atoms with Crippen LogP contribution in [0.15, 0.2) is 35.5 Å². The van der Waals surface area contributed by atoms with Crippen LogP contribution in [0.25, 0.3) is 0 Å². The molecule has 146 valence electrons. The van der Waals surface area contributed by atoms with Crippen molar-refractivity contribution in [3.8, 4) is 5.75 Å². The summed E-state index contributed by atoms with van der Waals surface area (Å²) in [4.78, 5) is 14.8. The van der Waals surface area contributed by atoms with Crippen molar-refractivity contribution < 1.29 is 23.0 Å². The quantitative estimate of drug-likeness (QED) is 0.581. The molecule has 1 aliphatic heterocycles. The molecule has 0 radical (unpaired) electrons. The Kier molecular flexibility index (Phi) is 5.64. The van der Waals surface area contributed by atoms with Crippen molar-refractivity contribution >= 4 is 23.3 Å². The predicted molar refractivity (Wildman–Crippen MR) is 100 cm³/mol. The number of thiocarbonyl (C=S) groups is 1. The lowest BCUT2D eigenvalue weighted by Gasteiger charge is -2.38. The summed E-state index contributed by atoms with van der Waals surface area (Å²) in [6.07, 6.45) is 1.66. The fourth-order valence-electron chi connectivity index (χ4n) is 3.23. The normalized spacial score (nSPS) is 20.2. The van der Waals surface area contributed by atoms with Gasteiger partial charge >= 0.3 is 12.6 Å². The molecule has 8 heteroatoms. The average molecular weight is 396 g/mol. The minimum Gasteiger partial charge on any atom is -0.459 e. The summed E-state index contributed by atoms with van der Waals surface area (Å²) in [5.41, 5.74) is 1.45. The lowest BCUT2D eigenvalue weighted by molar-refractivity contribution is -0.143. The van der Waals surface area contributed by atoms with Gasteiger partial charge in [0.2, 0.25) is 0 Å². The molecule has 5 nitrogen and oxygen atoms in total. The summed E-state index contributed by atoms with van der Waals surface area (Å²) in [6.45, 7) is 2.36. The standard InChI is InChI=1S/C19H22F2N2O3S/c1-10(2)25-17(24)15-11(3)23(12-8-9-12)19(27)22-16(15)13-6-4-5-7-14(13)26-18(20)21/h4-7,10,12,16,18H,8-9H2,1-3H3,(H,22,27). The number of hydrogen-bond acceptors (Lipinski definition) is 4. The maximum absolute atomic E-state index is 12.9. The van der Waals surface area contributed by atoms with Crippen LogP contribution in [-0.4, -0.2) is 34.7 Å². The number of carbonyl (C=O) groups is 1. The first-order valence-electron chi connectivity index (χ1n) is 8.84. The van der Waals surface area contributed by atoms with Crippen LogP contribution >= 0.6 is 12.2 Å². The van der Waals surface area contributed by atoms with Crippen LogP contribution in [0.3, 0.4) is 0 Å². The van der Waals surface area contributed by atoms with E-state index in [4.69, 9.17) is 17.0 Å². The summed E-state index contributed by atoms with van der Waals surface area (Å²) in [5.74, 6) is -0.504. The third kappa shape index (κ3) is 4.21. The molecule has 3 rings (SSSR count). The second kappa shape index (κ2) is 7.80. The molecule has 1 atom stereocenters. The monoisotopic (exact) mass is 396 g/mol. The molecule has 1 aromatic carbocycles. The number of halogens is 2. The number of para-hydroxylation sites is 1. The molecule has 0 aromatic heterocycles. The number of carbonyl (C=O) groups excluding carboxylic acids is 1. The molecule has 1 saturated carbocycles. The van der Waals surface area contributed by atoms with Gasteiger partial charge in [0.05, 0.1) is 17.7 Å². The summed E-state index contributed by atoms with van der Waals surface area (Å²) < 4.78 is 35.8. The van der Waals surface area contributed by atoms with Crippen LogP contribution in [0.5, 0.6) is 5.75 Å². The molecule has 2 aliphatic rings. The maximum Gasteiger partial charge on any atom is 0.387 e. The molecule has 0 amide bonds. The van der Waals surface area contributed by atoms with Gasteiger partial charge < -0.3 is 19.7 Å². The second-order valence-electron chi connectivity index (χ2n) is 6.85. The van der Waals surface area contributed by atoms with Crippen LogP contribution in [0.2, 0.25) is 0 Å². The van der Waals surface area contributed by atoms with Crippen LogP contribution < -0.4 is 10.1 Å². The Bertz CT molecular complexity index is 778. The van der Waals surface area contributed by atoms with E-state index in [2.05, 4.69) is 10.1 Å². The van der Waals surface area contributed by atoms with Gasteiger partial charge in [-0.2, -0.15) is 8.78 Å². The van der Waals surface area contributed by atoms with Crippen molar-refractivity contribution in [3.63, 3.8) is 0 Å². The molecule has 1 unspecified atom stereocenters. The maximum atomic E-state index is 12.9. The van der Waals surface area contributed by atoms with Crippen molar-refractivity contribution in [2.75, 3.05) is 0 Å². The van der Waals surface area contributed by atoms with Gasteiger partial charge in [-0.3, -0.25) is 0 Å². The number of alkyl halides is 2. The minimum atomic E-state index is -2.97. The number of ether oxygens (including phenoxy) is 2. The Morgan fingerprint density at radius 2 is 1.96 bits per heavy atom. The van der Waals surface area contributed by atoms with Crippen molar-refractivity contribution in [1.29, 1.82) is 0 Å². The van der Waals surface area contributed by atoms with Gasteiger partial charge in [-0.25, -0.2) is 4.79 Å². The van der Waals surface area contributed by atoms with Crippen LogP contribution in [0.1, 0.15) is 45.2 Å². The molecule has 1 fully saturated rings. The molecule has 1 N–H and O–H groups in total. The smallest absolute Gasteiger partial charge is 0.387 e. The number of hydrogen-bond donors (Lipinski definition) is 1. The van der Waals surface area contributed by atoms with Gasteiger partial charge in [0.15, 0.2) is 5.11 Å². The zero-order valence-corrected chi connectivity index (χ0v) is 16.2. The van der Waals surface area contributed by atoms with Crippen LogP contribution in [0.4, 0.5) is 8.78 Å². The Morgan fingerprint density at radius 3 is 2.56 bits per heavy atom. The SMILES string of the molecule is CC1=C(C(=O)OC(C)C)C(c2ccccc2OC(F)F)NC(=S)N1C1CC1. The minimum absolute atomic E-state index is 0.00433. The van der Waals surface area contributed by atoms with E-state index >= 15 is 0 Å². The van der Waals surface area contributed by atoms with Gasteiger partial charge in [0.25, 0.3) is 0 Å². The molecular weight excluding hydrogens is 374 g/mol. The summed E-state index contributed by atoms with van der Waals surface area (Å²) in [7, 11) is 0. The number of benzene rings is 1. The Morgan fingerprint density at radius 1 is 1.30 bits per heavy atom. The first-order chi connectivity index (χ1) is 12.8. The third-order valence-electron chi connectivity index (χ3n) is 4.45. The van der Waals surface area contributed by atoms with Crippen molar-refractivity contribution in [3.05, 3.63) is 41.1 Å². The molecule has 0 bridgehead atoms. The molecule has 0 spiro atoms. The molecule has 1 aromatic rings. The van der Waals surface area contributed by atoms with Crippen LogP contribution in [0, 0.1) is 0 Å². The topological polar surface area (TPSA) is 50.8 Å². The fraction of sp³-hybridized carbons (Fsp3) is 0.474. The molecular formula is C19H22F2N2O3S. The highest BCUT2D eigenvalue weighted by Crippen LogP contribution is 2.40. The predicted octanol–water partition coefficient (Wildman–Crippen LogP) is 3.91. The van der Waals surface area contributed by atoms with E-state index in [0.717, 1.165) is 12.8 Å². The first kappa shape index (κ1) is 19.5. The first-order valence-corrected chi connectivity index (χ1v) is 9.25. The zero-order valence-electron chi connectivity index (χ0n) is 15.4. The fourth-order valence-corrected chi connectivity index (χ4v) is 3.63. The zero-order chi connectivity index (χ0) is 19.7. The van der Waals surface area contributed by atoms with Gasteiger partial charge in [-0.05, 0) is 51.9 Å². The second-order valence-corrected chi connectivity index (χ2v) is 7.24. The summed E-state index contributed by atoms with van der Waals surface area (Å²) in [6, 6.07) is 5.91. The number of esters is 1. The van der Waals surface area contributed by atoms with E-state index in [1.54, 1.807) is 32.0 Å². The highest BCUT2D eigenvalue weighted by molar-refractivity contribution is 7.80. The average Bonchev–Trinajstić information content (AvgIpc) is 3.38. The Hall–Kier alpha value is -2.22. The van der Waals surface area contributed by atoms with Crippen molar-refractivity contribution in [1.82, 2.24) is 10.2 Å². The largest absolute Gasteiger partial charge is 0.459 e. The van der Waals surface area contributed by atoms with E-state index in [0.29, 0.717) is 21.9 Å². The van der Waals surface area contributed by atoms with E-state index in [-0.39, 0.29) is 17.9 Å². The molecule has 0 saturated heterocycles. The van der Waals surface area contributed by atoms with Crippen molar-refractivity contribution in [2.45, 2.75) is 58.4 Å². The van der Waals surface area contributed by atoms with E-state index < -0.39 is 18.6 Å². The Balaban J connectivity index is 2.07. The number of allylic oxidation sites excluding steroid dienone is 1. The van der Waals surface area contributed by atoms with Gasteiger partial charge in [-0.15, -0.1) is 0 Å². The van der Waals surface area contributed by atoms with Gasteiger partial charge in [0.1, 0.15) is 5.75 Å². The summed E-state index contributed by atoms with van der Waals surface area (Å²) >= 11 is 5.50. The number of nitrogens with zero attached hydrogens (tertiary/aromatic N) is 1. The lowest BCUT2D eigenvalue weighted by Crippen LogP contribution is -2.49. The highest BCUT2D eigenvalue weighted by Gasteiger charge is 2.41. The van der Waals surface area contributed by atoms with Crippen LogP contribution in [-0.2, 0) is 9.53 Å². The van der Waals surface area contributed by atoms with Gasteiger partial charge in [-0.1, -0.05) is 18.2 Å². The summed E-state index contributed by atoms with van der Waals surface area (Å²) in [5, 5.41) is 3.59.